The van der Waals surface area contributed by atoms with Crippen molar-refractivity contribution in [2.45, 2.75) is 39.3 Å². The first kappa shape index (κ1) is 22.0. The third-order valence-electron chi connectivity index (χ3n) is 6.46. The molecule has 0 bridgehead atoms. The molecule has 0 N–H and O–H groups in total. The maximum atomic E-state index is 13.7. The average molecular weight is 452 g/mol. The van der Waals surface area contributed by atoms with Gasteiger partial charge in [-0.1, -0.05) is 42.5 Å². The molecule has 4 aromatic rings. The second-order valence-electron chi connectivity index (χ2n) is 8.98. The number of carbonyl (C=O) groups excluding carboxylic acids is 1. The highest BCUT2D eigenvalue weighted by Gasteiger charge is 2.33. The summed E-state index contributed by atoms with van der Waals surface area (Å²) in [5.74, 6) is 0.694. The van der Waals surface area contributed by atoms with Gasteiger partial charge in [0.1, 0.15) is 5.75 Å². The number of aromatic nitrogens is 2. The Hall–Kier alpha value is -3.86. The van der Waals surface area contributed by atoms with Crippen molar-refractivity contribution in [2.24, 2.45) is 0 Å². The van der Waals surface area contributed by atoms with Gasteiger partial charge < -0.3 is 14.2 Å². The molecule has 172 valence electrons. The van der Waals surface area contributed by atoms with E-state index in [9.17, 15) is 4.79 Å². The van der Waals surface area contributed by atoms with Crippen LogP contribution in [0.3, 0.4) is 0 Å². The van der Waals surface area contributed by atoms with E-state index in [0.29, 0.717) is 17.9 Å². The van der Waals surface area contributed by atoms with E-state index in [1.54, 1.807) is 13.4 Å². The van der Waals surface area contributed by atoms with Gasteiger partial charge in [0.05, 0.1) is 24.8 Å². The fourth-order valence-electron chi connectivity index (χ4n) is 4.33. The Bertz CT molecular complexity index is 1320. The molecule has 0 unspecified atom stereocenters. The third kappa shape index (κ3) is 4.46. The van der Waals surface area contributed by atoms with Gasteiger partial charge in [-0.25, -0.2) is 4.98 Å². The molecule has 1 aromatic heterocycles. The molecule has 1 fully saturated rings. The summed E-state index contributed by atoms with van der Waals surface area (Å²) < 4.78 is 7.55. The van der Waals surface area contributed by atoms with Crippen LogP contribution < -0.4 is 4.74 Å². The number of benzene rings is 3. The second-order valence-corrected chi connectivity index (χ2v) is 8.98. The molecule has 5 rings (SSSR count). The minimum Gasteiger partial charge on any atom is -0.495 e. The Morgan fingerprint density at radius 1 is 1.03 bits per heavy atom. The van der Waals surface area contributed by atoms with Crippen molar-refractivity contribution < 1.29 is 9.53 Å². The largest absolute Gasteiger partial charge is 0.495 e. The van der Waals surface area contributed by atoms with Gasteiger partial charge in [0.15, 0.2) is 0 Å². The molecule has 0 aliphatic heterocycles. The van der Waals surface area contributed by atoms with Crippen LogP contribution in [-0.4, -0.2) is 33.5 Å². The normalized spacial score (nSPS) is 13.0. The molecule has 1 aliphatic rings. The number of carbonyl (C=O) groups is 1. The van der Waals surface area contributed by atoms with E-state index < -0.39 is 0 Å². The number of methoxy groups -OCH3 is 1. The summed E-state index contributed by atoms with van der Waals surface area (Å²) in [5.41, 5.74) is 7.16. The average Bonchev–Trinajstić information content (AvgIpc) is 3.62. The Kier molecular flexibility index (Phi) is 5.93. The van der Waals surface area contributed by atoms with Gasteiger partial charge in [-0.15, -0.1) is 0 Å². The summed E-state index contributed by atoms with van der Waals surface area (Å²) >= 11 is 0. The number of rotatable bonds is 7. The Morgan fingerprint density at radius 2 is 1.82 bits per heavy atom. The topological polar surface area (TPSA) is 47.4 Å². The predicted molar refractivity (Wildman–Crippen MR) is 134 cm³/mol. The molecule has 1 heterocycles. The highest BCUT2D eigenvalue weighted by atomic mass is 16.5. The van der Waals surface area contributed by atoms with Crippen LogP contribution in [0.1, 0.15) is 40.0 Å². The van der Waals surface area contributed by atoms with Crippen molar-refractivity contribution in [1.29, 1.82) is 0 Å². The number of hydrogen-bond donors (Lipinski definition) is 0. The van der Waals surface area contributed by atoms with Gasteiger partial charge in [0.25, 0.3) is 5.91 Å². The molecular weight excluding hydrogens is 422 g/mol. The fourth-order valence-corrected chi connectivity index (χ4v) is 4.33. The number of ether oxygens (including phenoxy) is 1. The minimum absolute atomic E-state index is 0.0404. The molecule has 5 nitrogen and oxygen atoms in total. The van der Waals surface area contributed by atoms with Crippen LogP contribution in [0.25, 0.3) is 16.8 Å². The lowest BCUT2D eigenvalue weighted by molar-refractivity contribution is 0.0729. The lowest BCUT2D eigenvalue weighted by atomic mass is 9.99. The maximum absolute atomic E-state index is 13.7. The van der Waals surface area contributed by atoms with Crippen molar-refractivity contribution in [2.75, 3.05) is 7.11 Å². The summed E-state index contributed by atoms with van der Waals surface area (Å²) in [6.07, 6.45) is 5.80. The predicted octanol–water partition coefficient (Wildman–Crippen LogP) is 5.97. The molecule has 0 spiro atoms. The summed E-state index contributed by atoms with van der Waals surface area (Å²) in [5, 5.41) is 0. The molecule has 34 heavy (non-hydrogen) atoms. The molecular formula is C29H29N3O2. The number of aryl methyl sites for hydroxylation is 2. The number of amides is 1. The first-order valence-corrected chi connectivity index (χ1v) is 11.7. The number of hydrogen-bond acceptors (Lipinski definition) is 3. The van der Waals surface area contributed by atoms with Crippen molar-refractivity contribution >= 4 is 5.91 Å². The van der Waals surface area contributed by atoms with Crippen molar-refractivity contribution in [3.63, 3.8) is 0 Å². The van der Waals surface area contributed by atoms with Gasteiger partial charge in [-0.2, -0.15) is 0 Å². The van der Waals surface area contributed by atoms with Crippen molar-refractivity contribution in [3.05, 3.63) is 102 Å². The van der Waals surface area contributed by atoms with Crippen LogP contribution in [0.4, 0.5) is 0 Å². The molecule has 3 aromatic carbocycles. The van der Waals surface area contributed by atoms with E-state index in [-0.39, 0.29) is 11.9 Å². The number of nitrogens with zero attached hydrogens (tertiary/aromatic N) is 3. The lowest BCUT2D eigenvalue weighted by Crippen LogP contribution is -2.33. The Balaban J connectivity index is 1.44. The van der Waals surface area contributed by atoms with E-state index >= 15 is 0 Å². The Labute approximate surface area is 200 Å². The summed E-state index contributed by atoms with van der Waals surface area (Å²) in [7, 11) is 1.63. The zero-order chi connectivity index (χ0) is 23.7. The molecule has 1 aliphatic carbocycles. The highest BCUT2D eigenvalue weighted by Crippen LogP contribution is 2.33. The van der Waals surface area contributed by atoms with Gasteiger partial charge in [0, 0.05) is 24.3 Å². The second kappa shape index (κ2) is 9.18. The maximum Gasteiger partial charge on any atom is 0.254 e. The van der Waals surface area contributed by atoms with E-state index in [0.717, 1.165) is 24.2 Å². The fraction of sp³-hybridized carbons (Fsp3) is 0.241. The SMILES string of the molecule is COc1cc(C(=O)N(Cc2cc(-c3ccccc3)ccc2C)C2CC2)ccc1-n1cnc(C)c1. The van der Waals surface area contributed by atoms with Crippen LogP contribution in [0.15, 0.2) is 79.3 Å². The molecule has 5 heteroatoms. The van der Waals surface area contributed by atoms with E-state index in [1.807, 2.05) is 46.9 Å². The zero-order valence-corrected chi connectivity index (χ0v) is 19.9. The molecule has 1 amide bonds. The van der Waals surface area contributed by atoms with Crippen molar-refractivity contribution in [1.82, 2.24) is 14.5 Å². The van der Waals surface area contributed by atoms with Gasteiger partial charge in [-0.3, -0.25) is 4.79 Å². The van der Waals surface area contributed by atoms with Crippen LogP contribution >= 0.6 is 0 Å². The van der Waals surface area contributed by atoms with E-state index in [1.165, 1.54) is 22.3 Å². The van der Waals surface area contributed by atoms with Crippen molar-refractivity contribution in [3.8, 4) is 22.6 Å². The van der Waals surface area contributed by atoms with Crippen LogP contribution in [-0.2, 0) is 6.54 Å². The Morgan fingerprint density at radius 3 is 2.50 bits per heavy atom. The standard InChI is InChI=1S/C29H29N3O2/c1-20-9-10-23(22-7-5-4-6-8-22)15-25(20)18-32(26-12-13-26)29(33)24-11-14-27(28(16-24)34-3)31-17-21(2)30-19-31/h4-11,14-17,19,26H,12-13,18H2,1-3H3. The molecule has 0 saturated heterocycles. The first-order chi connectivity index (χ1) is 16.5. The van der Waals surface area contributed by atoms with Crippen LogP contribution in [0.2, 0.25) is 0 Å². The smallest absolute Gasteiger partial charge is 0.254 e. The van der Waals surface area contributed by atoms with Crippen LogP contribution in [0, 0.1) is 13.8 Å². The quantitative estimate of drug-likeness (QED) is 0.348. The van der Waals surface area contributed by atoms with Crippen LogP contribution in [0.5, 0.6) is 5.75 Å². The number of imidazole rings is 1. The molecule has 0 atom stereocenters. The van der Waals surface area contributed by atoms with E-state index in [2.05, 4.69) is 54.4 Å². The first-order valence-electron chi connectivity index (χ1n) is 11.7. The summed E-state index contributed by atoms with van der Waals surface area (Å²) in [6, 6.07) is 22.8. The van der Waals surface area contributed by atoms with Gasteiger partial charge in [0.2, 0.25) is 0 Å². The summed E-state index contributed by atoms with van der Waals surface area (Å²) in [4.78, 5) is 20.0. The minimum atomic E-state index is 0.0404. The van der Waals surface area contributed by atoms with E-state index in [4.69, 9.17) is 4.74 Å². The molecule has 1 saturated carbocycles. The lowest BCUT2D eigenvalue weighted by Gasteiger charge is -2.24. The van der Waals surface area contributed by atoms with Gasteiger partial charge >= 0.3 is 0 Å². The molecule has 0 radical (unpaired) electrons. The zero-order valence-electron chi connectivity index (χ0n) is 19.9. The highest BCUT2D eigenvalue weighted by molar-refractivity contribution is 5.95. The monoisotopic (exact) mass is 451 g/mol. The van der Waals surface area contributed by atoms with Gasteiger partial charge in [-0.05, 0) is 73.2 Å². The summed E-state index contributed by atoms with van der Waals surface area (Å²) in [6.45, 7) is 4.66. The third-order valence-corrected chi connectivity index (χ3v) is 6.46.